The number of nitrogens with one attached hydrogen (secondary N) is 1. The van der Waals surface area contributed by atoms with Gasteiger partial charge in [-0.3, -0.25) is 14.6 Å². The molecule has 3 heterocycles. The van der Waals surface area contributed by atoms with Crippen molar-refractivity contribution in [2.24, 2.45) is 0 Å². The highest BCUT2D eigenvalue weighted by molar-refractivity contribution is 5.33. The van der Waals surface area contributed by atoms with Crippen LogP contribution in [-0.4, -0.2) is 37.8 Å². The van der Waals surface area contributed by atoms with Crippen LogP contribution in [0.2, 0.25) is 0 Å². The van der Waals surface area contributed by atoms with Gasteiger partial charge in [-0.25, -0.2) is 4.98 Å². The predicted molar refractivity (Wildman–Crippen MR) is 103 cm³/mol. The summed E-state index contributed by atoms with van der Waals surface area (Å²) in [4.78, 5) is 10.7. The van der Waals surface area contributed by atoms with E-state index in [4.69, 9.17) is 9.84 Å². The molecule has 0 spiro atoms. The summed E-state index contributed by atoms with van der Waals surface area (Å²) in [5.74, 6) is 1.74. The van der Waals surface area contributed by atoms with Gasteiger partial charge >= 0.3 is 0 Å². The Hall–Kier alpha value is -2.93. The number of hydrogen-bond donors (Lipinski definition) is 1. The Bertz CT molecular complexity index is 879. The molecule has 1 N–H and O–H groups in total. The molecule has 0 saturated heterocycles. The fourth-order valence-corrected chi connectivity index (χ4v) is 3.34. The molecule has 0 bridgehead atoms. The van der Waals surface area contributed by atoms with E-state index in [1.54, 1.807) is 18.6 Å². The maximum atomic E-state index is 5.76. The van der Waals surface area contributed by atoms with Gasteiger partial charge in [-0.15, -0.1) is 0 Å². The van der Waals surface area contributed by atoms with Crippen LogP contribution in [-0.2, 0) is 26.2 Å². The molecule has 7 nitrogen and oxygen atoms in total. The summed E-state index contributed by atoms with van der Waals surface area (Å²) in [6.07, 6.45) is 5.06. The second-order valence-corrected chi connectivity index (χ2v) is 6.55. The molecular formula is C20H24N6O. The SMILES string of the molecule is CCOc1ccccc1CN1CCn2nc(CNc3cnccn3)cc2C1. The minimum atomic E-state index is 0.645. The van der Waals surface area contributed by atoms with E-state index in [0.29, 0.717) is 13.2 Å². The van der Waals surface area contributed by atoms with Crippen molar-refractivity contribution >= 4 is 5.82 Å². The van der Waals surface area contributed by atoms with Gasteiger partial charge in [0.15, 0.2) is 0 Å². The summed E-state index contributed by atoms with van der Waals surface area (Å²) in [5, 5.41) is 7.97. The van der Waals surface area contributed by atoms with Gasteiger partial charge < -0.3 is 10.1 Å². The molecule has 4 rings (SSSR count). The molecule has 2 aromatic heterocycles. The van der Waals surface area contributed by atoms with Crippen LogP contribution in [0.4, 0.5) is 5.82 Å². The zero-order valence-corrected chi connectivity index (χ0v) is 15.5. The maximum Gasteiger partial charge on any atom is 0.144 e. The number of nitrogens with zero attached hydrogens (tertiary/aromatic N) is 5. The van der Waals surface area contributed by atoms with E-state index in [1.165, 1.54) is 11.3 Å². The van der Waals surface area contributed by atoms with Crippen molar-refractivity contribution in [3.05, 3.63) is 65.9 Å². The van der Waals surface area contributed by atoms with Crippen LogP contribution >= 0.6 is 0 Å². The minimum absolute atomic E-state index is 0.645. The Morgan fingerprint density at radius 3 is 2.96 bits per heavy atom. The van der Waals surface area contributed by atoms with Crippen LogP contribution in [0.15, 0.2) is 48.9 Å². The largest absolute Gasteiger partial charge is 0.494 e. The van der Waals surface area contributed by atoms with Crippen LogP contribution in [0, 0.1) is 0 Å². The molecule has 0 aliphatic carbocycles. The lowest BCUT2D eigenvalue weighted by atomic mass is 10.1. The Kier molecular flexibility index (Phi) is 5.29. The van der Waals surface area contributed by atoms with E-state index in [-0.39, 0.29) is 0 Å². The van der Waals surface area contributed by atoms with Crippen molar-refractivity contribution in [1.82, 2.24) is 24.6 Å². The summed E-state index contributed by atoms with van der Waals surface area (Å²) >= 11 is 0. The zero-order chi connectivity index (χ0) is 18.5. The third-order valence-corrected chi connectivity index (χ3v) is 4.61. The maximum absolute atomic E-state index is 5.76. The Balaban J connectivity index is 1.39. The highest BCUT2D eigenvalue weighted by Crippen LogP contribution is 2.22. The highest BCUT2D eigenvalue weighted by Gasteiger charge is 2.19. The van der Waals surface area contributed by atoms with E-state index in [2.05, 4.69) is 43.1 Å². The normalized spacial score (nSPS) is 14.0. The van der Waals surface area contributed by atoms with Crippen LogP contribution < -0.4 is 10.1 Å². The molecule has 27 heavy (non-hydrogen) atoms. The number of aromatic nitrogens is 4. The molecule has 1 aliphatic rings. The van der Waals surface area contributed by atoms with Gasteiger partial charge in [0, 0.05) is 37.6 Å². The van der Waals surface area contributed by atoms with Crippen molar-refractivity contribution in [2.75, 3.05) is 18.5 Å². The number of benzene rings is 1. The summed E-state index contributed by atoms with van der Waals surface area (Å²) in [6.45, 7) is 7.00. The van der Waals surface area contributed by atoms with E-state index >= 15 is 0 Å². The number of ether oxygens (including phenoxy) is 1. The molecule has 0 saturated carbocycles. The predicted octanol–water partition coefficient (Wildman–Crippen LogP) is 2.70. The molecule has 1 aliphatic heterocycles. The topological polar surface area (TPSA) is 68.1 Å². The second-order valence-electron chi connectivity index (χ2n) is 6.55. The van der Waals surface area contributed by atoms with Gasteiger partial charge in [0.1, 0.15) is 11.6 Å². The molecule has 0 radical (unpaired) electrons. The fraction of sp³-hybridized carbons (Fsp3) is 0.350. The summed E-state index contributed by atoms with van der Waals surface area (Å²) in [5.41, 5.74) is 3.50. The van der Waals surface area contributed by atoms with E-state index < -0.39 is 0 Å². The lowest BCUT2D eigenvalue weighted by Crippen LogP contribution is -2.33. The van der Waals surface area contributed by atoms with E-state index in [0.717, 1.165) is 43.4 Å². The van der Waals surface area contributed by atoms with Crippen LogP contribution in [0.25, 0.3) is 0 Å². The minimum Gasteiger partial charge on any atom is -0.494 e. The van der Waals surface area contributed by atoms with Crippen molar-refractivity contribution in [3.63, 3.8) is 0 Å². The second kappa shape index (κ2) is 8.18. The lowest BCUT2D eigenvalue weighted by Gasteiger charge is -2.28. The number of fused-ring (bicyclic) bond motifs is 1. The zero-order valence-electron chi connectivity index (χ0n) is 15.5. The van der Waals surface area contributed by atoms with Crippen LogP contribution in [0.3, 0.4) is 0 Å². The Morgan fingerprint density at radius 2 is 2.11 bits per heavy atom. The first kappa shape index (κ1) is 17.5. The van der Waals surface area contributed by atoms with Crippen molar-refractivity contribution in [2.45, 2.75) is 33.1 Å². The Labute approximate surface area is 159 Å². The monoisotopic (exact) mass is 364 g/mol. The van der Waals surface area contributed by atoms with Crippen molar-refractivity contribution in [1.29, 1.82) is 0 Å². The highest BCUT2D eigenvalue weighted by atomic mass is 16.5. The molecule has 0 unspecified atom stereocenters. The first-order valence-electron chi connectivity index (χ1n) is 9.30. The standard InChI is InChI=1S/C20H24N6O/c1-2-27-19-6-4-3-5-16(19)14-25-9-10-26-18(15-25)11-17(24-26)12-23-20-13-21-7-8-22-20/h3-8,11,13H,2,9-10,12,14-15H2,1H3,(H,22,23). The van der Waals surface area contributed by atoms with Gasteiger partial charge in [0.05, 0.1) is 37.3 Å². The average Bonchev–Trinajstić information content (AvgIpc) is 3.11. The third-order valence-electron chi connectivity index (χ3n) is 4.61. The first-order valence-corrected chi connectivity index (χ1v) is 9.30. The third kappa shape index (κ3) is 4.25. The van der Waals surface area contributed by atoms with Crippen molar-refractivity contribution < 1.29 is 4.74 Å². The molecule has 1 aromatic carbocycles. The summed E-state index contributed by atoms with van der Waals surface area (Å²) in [7, 11) is 0. The van der Waals surface area contributed by atoms with Gasteiger partial charge in [-0.1, -0.05) is 18.2 Å². The molecule has 3 aromatic rings. The molecule has 140 valence electrons. The number of rotatable bonds is 7. The lowest BCUT2D eigenvalue weighted by molar-refractivity contribution is 0.201. The summed E-state index contributed by atoms with van der Waals surface area (Å²) < 4.78 is 7.87. The van der Waals surface area contributed by atoms with Crippen LogP contribution in [0.1, 0.15) is 23.9 Å². The summed E-state index contributed by atoms with van der Waals surface area (Å²) in [6, 6.07) is 10.5. The van der Waals surface area contributed by atoms with Gasteiger partial charge in [0.2, 0.25) is 0 Å². The quantitative estimate of drug-likeness (QED) is 0.695. The number of para-hydroxylation sites is 1. The molecule has 0 amide bonds. The number of anilines is 1. The van der Waals surface area contributed by atoms with E-state index in [1.807, 2.05) is 19.1 Å². The van der Waals surface area contributed by atoms with E-state index in [9.17, 15) is 0 Å². The molecule has 0 atom stereocenters. The van der Waals surface area contributed by atoms with Gasteiger partial charge in [-0.2, -0.15) is 5.10 Å². The van der Waals surface area contributed by atoms with Crippen LogP contribution in [0.5, 0.6) is 5.75 Å². The van der Waals surface area contributed by atoms with Crippen molar-refractivity contribution in [3.8, 4) is 5.75 Å². The average molecular weight is 364 g/mol. The fourth-order valence-electron chi connectivity index (χ4n) is 3.34. The van der Waals surface area contributed by atoms with Gasteiger partial charge in [0.25, 0.3) is 0 Å². The molecular weight excluding hydrogens is 340 g/mol. The smallest absolute Gasteiger partial charge is 0.144 e. The molecule has 0 fully saturated rings. The Morgan fingerprint density at radius 1 is 1.19 bits per heavy atom. The number of hydrogen-bond acceptors (Lipinski definition) is 6. The first-order chi connectivity index (χ1) is 13.3. The molecule has 7 heteroatoms. The van der Waals surface area contributed by atoms with Gasteiger partial charge in [-0.05, 0) is 19.1 Å².